The number of carboxylic acid groups (broad SMARTS) is 1. The molecular formula is C14H21N3O4. The van der Waals surface area contributed by atoms with Crippen LogP contribution in [-0.4, -0.2) is 35.2 Å². The van der Waals surface area contributed by atoms with E-state index in [9.17, 15) is 9.59 Å². The number of methoxy groups -OCH3 is 1. The Balaban J connectivity index is 2.28. The first-order valence-electron chi connectivity index (χ1n) is 6.76. The van der Waals surface area contributed by atoms with Crippen molar-refractivity contribution >= 4 is 12.0 Å². The SMILES string of the molecule is COc1cc(CNC(=O)NC(C)CCCC(=O)O)ccn1. The van der Waals surface area contributed by atoms with E-state index in [0.717, 1.165) is 5.56 Å². The number of hydrogen-bond donors (Lipinski definition) is 3. The van der Waals surface area contributed by atoms with Crippen molar-refractivity contribution in [3.8, 4) is 5.88 Å². The fraction of sp³-hybridized carbons (Fsp3) is 0.500. The van der Waals surface area contributed by atoms with Crippen LogP contribution in [0, 0.1) is 0 Å². The second-order valence-corrected chi connectivity index (χ2v) is 4.72. The molecule has 0 aliphatic carbocycles. The zero-order valence-electron chi connectivity index (χ0n) is 12.3. The van der Waals surface area contributed by atoms with E-state index in [0.29, 0.717) is 25.3 Å². The smallest absolute Gasteiger partial charge is 0.315 e. The first-order valence-corrected chi connectivity index (χ1v) is 6.76. The predicted octanol–water partition coefficient (Wildman–Crippen LogP) is 1.53. The lowest BCUT2D eigenvalue weighted by Gasteiger charge is -2.14. The molecule has 1 aromatic heterocycles. The molecule has 0 fully saturated rings. The van der Waals surface area contributed by atoms with E-state index in [1.807, 2.05) is 6.92 Å². The van der Waals surface area contributed by atoms with Gasteiger partial charge in [-0.15, -0.1) is 0 Å². The van der Waals surface area contributed by atoms with Gasteiger partial charge in [0.05, 0.1) is 7.11 Å². The van der Waals surface area contributed by atoms with Crippen LogP contribution in [0.1, 0.15) is 31.7 Å². The Morgan fingerprint density at radius 3 is 2.90 bits per heavy atom. The maximum Gasteiger partial charge on any atom is 0.315 e. The fourth-order valence-corrected chi connectivity index (χ4v) is 1.76. The van der Waals surface area contributed by atoms with Gasteiger partial charge in [-0.05, 0) is 31.4 Å². The Morgan fingerprint density at radius 2 is 2.24 bits per heavy atom. The average Bonchev–Trinajstić information content (AvgIpc) is 2.45. The van der Waals surface area contributed by atoms with Crippen LogP contribution >= 0.6 is 0 Å². The highest BCUT2D eigenvalue weighted by Gasteiger charge is 2.08. The lowest BCUT2D eigenvalue weighted by Crippen LogP contribution is -2.40. The Bertz CT molecular complexity index is 479. The number of carbonyl (C=O) groups excluding carboxylic acids is 1. The number of hydrogen-bond acceptors (Lipinski definition) is 4. The summed E-state index contributed by atoms with van der Waals surface area (Å²) in [5.41, 5.74) is 0.885. The molecule has 0 aliphatic rings. The third kappa shape index (κ3) is 7.14. The number of pyridine rings is 1. The molecule has 2 amide bonds. The summed E-state index contributed by atoms with van der Waals surface area (Å²) in [5.74, 6) is -0.324. The summed E-state index contributed by atoms with van der Waals surface area (Å²) in [5, 5.41) is 14.0. The molecule has 0 saturated carbocycles. The number of carbonyl (C=O) groups is 2. The van der Waals surface area contributed by atoms with Crippen molar-refractivity contribution < 1.29 is 19.4 Å². The highest BCUT2D eigenvalue weighted by atomic mass is 16.5. The van der Waals surface area contributed by atoms with Crippen LogP contribution in [0.5, 0.6) is 5.88 Å². The van der Waals surface area contributed by atoms with Gasteiger partial charge in [0.2, 0.25) is 5.88 Å². The van der Waals surface area contributed by atoms with Crippen molar-refractivity contribution in [1.82, 2.24) is 15.6 Å². The zero-order valence-corrected chi connectivity index (χ0v) is 12.3. The van der Waals surface area contributed by atoms with Gasteiger partial charge in [-0.25, -0.2) is 9.78 Å². The summed E-state index contributed by atoms with van der Waals surface area (Å²) in [7, 11) is 1.53. The minimum atomic E-state index is -0.821. The fourth-order valence-electron chi connectivity index (χ4n) is 1.76. The first kappa shape index (κ1) is 16.7. The molecule has 0 spiro atoms. The molecule has 1 atom stereocenters. The predicted molar refractivity (Wildman–Crippen MR) is 77.1 cm³/mol. The molecule has 1 heterocycles. The molecule has 7 nitrogen and oxygen atoms in total. The second-order valence-electron chi connectivity index (χ2n) is 4.72. The lowest BCUT2D eigenvalue weighted by molar-refractivity contribution is -0.137. The highest BCUT2D eigenvalue weighted by Crippen LogP contribution is 2.08. The largest absolute Gasteiger partial charge is 0.481 e. The van der Waals surface area contributed by atoms with E-state index >= 15 is 0 Å². The van der Waals surface area contributed by atoms with Crippen molar-refractivity contribution in [3.05, 3.63) is 23.9 Å². The molecule has 1 unspecified atom stereocenters. The number of rotatable bonds is 8. The summed E-state index contributed by atoms with van der Waals surface area (Å²) in [4.78, 5) is 26.1. The molecule has 21 heavy (non-hydrogen) atoms. The molecule has 0 saturated heterocycles. The molecule has 7 heteroatoms. The third-order valence-corrected chi connectivity index (χ3v) is 2.87. The summed E-state index contributed by atoms with van der Waals surface area (Å²) in [6.07, 6.45) is 2.90. The number of ether oxygens (including phenoxy) is 1. The van der Waals surface area contributed by atoms with Gasteiger partial charge >= 0.3 is 12.0 Å². The highest BCUT2D eigenvalue weighted by molar-refractivity contribution is 5.74. The molecule has 0 bridgehead atoms. The van der Waals surface area contributed by atoms with Gasteiger partial charge in [-0.2, -0.15) is 0 Å². The summed E-state index contributed by atoms with van der Waals surface area (Å²) >= 11 is 0. The van der Waals surface area contributed by atoms with E-state index in [2.05, 4.69) is 15.6 Å². The number of urea groups is 1. The number of amides is 2. The monoisotopic (exact) mass is 295 g/mol. The first-order chi connectivity index (χ1) is 10.0. The van der Waals surface area contributed by atoms with Crippen molar-refractivity contribution in [1.29, 1.82) is 0 Å². The summed E-state index contributed by atoms with van der Waals surface area (Å²) in [6.45, 7) is 2.21. The van der Waals surface area contributed by atoms with Crippen LogP contribution in [0.25, 0.3) is 0 Å². The second kappa shape index (κ2) is 8.78. The molecule has 0 aromatic carbocycles. The Hall–Kier alpha value is -2.31. The zero-order chi connectivity index (χ0) is 15.7. The van der Waals surface area contributed by atoms with Gasteiger partial charge in [0.1, 0.15) is 0 Å². The van der Waals surface area contributed by atoms with Gasteiger partial charge in [-0.3, -0.25) is 4.79 Å². The molecular weight excluding hydrogens is 274 g/mol. The molecule has 0 aliphatic heterocycles. The van der Waals surface area contributed by atoms with Crippen molar-refractivity contribution in [2.45, 2.75) is 38.8 Å². The standard InChI is InChI=1S/C14H21N3O4/c1-10(4-3-5-13(18)19)17-14(20)16-9-11-6-7-15-12(8-11)21-2/h6-8,10H,3-5,9H2,1-2H3,(H,18,19)(H2,16,17,20). The average molecular weight is 295 g/mol. The molecule has 0 radical (unpaired) electrons. The Morgan fingerprint density at radius 1 is 1.48 bits per heavy atom. The minimum absolute atomic E-state index is 0.0728. The van der Waals surface area contributed by atoms with E-state index in [4.69, 9.17) is 9.84 Å². The molecule has 3 N–H and O–H groups in total. The maximum atomic E-state index is 11.7. The van der Waals surface area contributed by atoms with Gasteiger partial charge in [-0.1, -0.05) is 0 Å². The van der Waals surface area contributed by atoms with Gasteiger partial charge in [0.25, 0.3) is 0 Å². The van der Waals surface area contributed by atoms with Crippen LogP contribution in [0.3, 0.4) is 0 Å². The van der Waals surface area contributed by atoms with E-state index in [1.54, 1.807) is 18.3 Å². The summed E-state index contributed by atoms with van der Waals surface area (Å²) in [6, 6.07) is 3.18. The van der Waals surface area contributed by atoms with Crippen LogP contribution in [0.4, 0.5) is 4.79 Å². The molecule has 116 valence electrons. The van der Waals surface area contributed by atoms with Crippen LogP contribution in [0.15, 0.2) is 18.3 Å². The van der Waals surface area contributed by atoms with Gasteiger partial charge < -0.3 is 20.5 Å². The maximum absolute atomic E-state index is 11.7. The number of carboxylic acids is 1. The quantitative estimate of drug-likeness (QED) is 0.675. The normalized spacial score (nSPS) is 11.5. The van der Waals surface area contributed by atoms with Crippen molar-refractivity contribution in [3.63, 3.8) is 0 Å². The van der Waals surface area contributed by atoms with E-state index in [-0.39, 0.29) is 18.5 Å². The Kier molecular flexibility index (Phi) is 7.00. The van der Waals surface area contributed by atoms with Crippen molar-refractivity contribution in [2.24, 2.45) is 0 Å². The van der Waals surface area contributed by atoms with Crippen LogP contribution in [0.2, 0.25) is 0 Å². The van der Waals surface area contributed by atoms with E-state index < -0.39 is 5.97 Å². The Labute approximate surface area is 123 Å². The van der Waals surface area contributed by atoms with Gasteiger partial charge in [0, 0.05) is 31.3 Å². The van der Waals surface area contributed by atoms with Crippen molar-refractivity contribution in [2.75, 3.05) is 7.11 Å². The van der Waals surface area contributed by atoms with Crippen LogP contribution in [-0.2, 0) is 11.3 Å². The number of aliphatic carboxylic acids is 1. The van der Waals surface area contributed by atoms with Crippen LogP contribution < -0.4 is 15.4 Å². The minimum Gasteiger partial charge on any atom is -0.481 e. The van der Waals surface area contributed by atoms with Gasteiger partial charge in [0.15, 0.2) is 0 Å². The third-order valence-electron chi connectivity index (χ3n) is 2.87. The van der Waals surface area contributed by atoms with E-state index in [1.165, 1.54) is 7.11 Å². The molecule has 1 aromatic rings. The number of nitrogens with zero attached hydrogens (tertiary/aromatic N) is 1. The lowest BCUT2D eigenvalue weighted by atomic mass is 10.1. The number of nitrogens with one attached hydrogen (secondary N) is 2. The topological polar surface area (TPSA) is 101 Å². The summed E-state index contributed by atoms with van der Waals surface area (Å²) < 4.78 is 5.00. The molecule has 1 rings (SSSR count). The number of aromatic nitrogens is 1.